The number of rotatable bonds is 2. The summed E-state index contributed by atoms with van der Waals surface area (Å²) >= 11 is 5.54. The third-order valence-electron chi connectivity index (χ3n) is 1.41. The Bertz CT molecular complexity index is 357. The van der Waals surface area contributed by atoms with E-state index in [0.29, 0.717) is 10.8 Å². The monoisotopic (exact) mass is 222 g/mol. The van der Waals surface area contributed by atoms with Crippen molar-refractivity contribution in [2.24, 2.45) is 0 Å². The Kier molecular flexibility index (Phi) is 3.10. The zero-order valence-corrected chi connectivity index (χ0v) is 8.92. The van der Waals surface area contributed by atoms with Gasteiger partial charge in [-0.1, -0.05) is 12.1 Å². The lowest BCUT2D eigenvalue weighted by molar-refractivity contribution is 0.610. The Hall–Kier alpha value is -0.110. The summed E-state index contributed by atoms with van der Waals surface area (Å²) < 4.78 is 21.9. The molecule has 0 aliphatic rings. The molecule has 1 rings (SSSR count). The van der Waals surface area contributed by atoms with E-state index in [2.05, 4.69) is 0 Å². The van der Waals surface area contributed by atoms with Gasteiger partial charge in [0.05, 0.1) is 4.90 Å². The molecule has 1 unspecified atom stereocenters. The summed E-state index contributed by atoms with van der Waals surface area (Å²) in [6.07, 6.45) is 0. The predicted octanol–water partition coefficient (Wildman–Crippen LogP) is 1.99. The van der Waals surface area contributed by atoms with Crippen molar-refractivity contribution >= 4 is 29.5 Å². The molecule has 0 amide bonds. The Balaban J connectivity index is 3.09. The van der Waals surface area contributed by atoms with E-state index in [0.717, 1.165) is 5.56 Å². The van der Waals surface area contributed by atoms with Gasteiger partial charge in [0.2, 0.25) is 0 Å². The second kappa shape index (κ2) is 3.73. The van der Waals surface area contributed by atoms with Crippen molar-refractivity contribution in [3.05, 3.63) is 29.8 Å². The second-order valence-electron chi connectivity index (χ2n) is 2.32. The van der Waals surface area contributed by atoms with Crippen molar-refractivity contribution in [3.8, 4) is 0 Å². The molecule has 0 aromatic heterocycles. The predicted molar refractivity (Wildman–Crippen MR) is 52.9 cm³/mol. The first-order valence-corrected chi connectivity index (χ1v) is 6.71. The third kappa shape index (κ3) is 2.44. The quantitative estimate of drug-likeness (QED) is 0.567. The Morgan fingerprint density at radius 3 is 2.08 bits per heavy atom. The zero-order chi connectivity index (χ0) is 9.19. The van der Waals surface area contributed by atoms with Gasteiger partial charge in [-0.05, 0) is 26.1 Å². The van der Waals surface area contributed by atoms with E-state index in [1.807, 2.05) is 0 Å². The third-order valence-corrected chi connectivity index (χ3v) is 3.46. The average Bonchev–Trinajstić information content (AvgIpc) is 2.03. The summed E-state index contributed by atoms with van der Waals surface area (Å²) in [5, 5.41) is 0. The highest BCUT2D eigenvalue weighted by molar-refractivity contribution is 8.37. The van der Waals surface area contributed by atoms with E-state index >= 15 is 0 Å². The number of alkyl halides is 1. The van der Waals surface area contributed by atoms with Gasteiger partial charge in [0.1, 0.15) is 0 Å². The number of hydrogen-bond donors (Lipinski definition) is 0. The van der Waals surface area contributed by atoms with E-state index in [-0.39, 0.29) is 0 Å². The molecule has 0 aliphatic heterocycles. The fourth-order valence-corrected chi connectivity index (χ4v) is 1.93. The van der Waals surface area contributed by atoms with Crippen LogP contribution in [0, 0.1) is 0 Å². The molecule has 66 valence electrons. The lowest BCUT2D eigenvalue weighted by Gasteiger charge is -1.98. The summed E-state index contributed by atoms with van der Waals surface area (Å²) in [7, 11) is -1.35. The van der Waals surface area contributed by atoms with Crippen LogP contribution in [0.4, 0.5) is 0 Å². The molecule has 2 nitrogen and oxygen atoms in total. The largest absolute Gasteiger partial charge is 0.220 e. The van der Waals surface area contributed by atoms with Crippen LogP contribution in [0.2, 0.25) is 0 Å². The van der Waals surface area contributed by atoms with Gasteiger partial charge in [0, 0.05) is 5.88 Å². The summed E-state index contributed by atoms with van der Waals surface area (Å²) in [5.74, 6) is 0.400. The summed E-state index contributed by atoms with van der Waals surface area (Å²) in [5.41, 5.74) is 0.911. The molecule has 1 atom stereocenters. The highest BCUT2D eigenvalue weighted by Crippen LogP contribution is 2.17. The first-order valence-electron chi connectivity index (χ1n) is 3.22. The van der Waals surface area contributed by atoms with Crippen LogP contribution in [-0.4, -0.2) is 8.42 Å². The van der Waals surface area contributed by atoms with Gasteiger partial charge in [-0.25, -0.2) is 8.42 Å². The number of halogens is 1. The van der Waals surface area contributed by atoms with Gasteiger partial charge < -0.3 is 0 Å². The lowest BCUT2D eigenvalue weighted by Crippen LogP contribution is -1.89. The molecule has 0 aliphatic carbocycles. The smallest absolute Gasteiger partial charge is 0.189 e. The van der Waals surface area contributed by atoms with Crippen molar-refractivity contribution in [2.75, 3.05) is 0 Å². The fourth-order valence-electron chi connectivity index (χ4n) is 0.768. The molecule has 0 N–H and O–H groups in total. The van der Waals surface area contributed by atoms with Crippen molar-refractivity contribution in [2.45, 2.75) is 10.8 Å². The summed E-state index contributed by atoms with van der Waals surface area (Å²) in [6, 6.07) is 6.48. The van der Waals surface area contributed by atoms with Gasteiger partial charge in [-0.15, -0.1) is 11.6 Å². The van der Waals surface area contributed by atoms with Crippen LogP contribution in [0.3, 0.4) is 0 Å². The maximum Gasteiger partial charge on any atom is 0.189 e. The first-order chi connectivity index (χ1) is 5.54. The molecular weight excluding hydrogens is 215 g/mol. The topological polar surface area (TPSA) is 34.1 Å². The van der Waals surface area contributed by atoms with Gasteiger partial charge in [0.25, 0.3) is 0 Å². The minimum absolute atomic E-state index is 0.293. The minimum Gasteiger partial charge on any atom is -0.220 e. The lowest BCUT2D eigenvalue weighted by atomic mass is 10.2. The maximum absolute atomic E-state index is 11.0. The molecule has 5 heteroatoms. The van der Waals surface area contributed by atoms with Gasteiger partial charge in [-0.3, -0.25) is 0 Å². The van der Waals surface area contributed by atoms with Crippen LogP contribution in [0.15, 0.2) is 29.2 Å². The molecule has 0 spiro atoms. The van der Waals surface area contributed by atoms with Crippen LogP contribution in [0.1, 0.15) is 5.56 Å². The van der Waals surface area contributed by atoms with E-state index in [1.54, 1.807) is 32.7 Å². The van der Waals surface area contributed by atoms with Crippen LogP contribution >= 0.6 is 20.0 Å². The first kappa shape index (κ1) is 9.97. The molecule has 0 bridgehead atoms. The Morgan fingerprint density at radius 1 is 1.25 bits per heavy atom. The van der Waals surface area contributed by atoms with Crippen LogP contribution in [-0.2, 0) is 15.3 Å². The van der Waals surface area contributed by atoms with Crippen molar-refractivity contribution in [1.82, 2.24) is 0 Å². The number of hydrogen-bond acceptors (Lipinski definition) is 2. The fraction of sp³-hybridized carbons (Fsp3) is 0.143. The second-order valence-corrected chi connectivity index (χ2v) is 6.01. The molecule has 12 heavy (non-hydrogen) atoms. The molecule has 0 radical (unpaired) electrons. The molecule has 0 heterocycles. The zero-order valence-electron chi connectivity index (χ0n) is 6.20. The van der Waals surface area contributed by atoms with E-state index in [1.165, 1.54) is 0 Å². The van der Waals surface area contributed by atoms with Gasteiger partial charge in [0.15, 0.2) is 9.46 Å². The van der Waals surface area contributed by atoms with Crippen molar-refractivity contribution in [1.29, 1.82) is 0 Å². The number of benzene rings is 1. The van der Waals surface area contributed by atoms with E-state index < -0.39 is 9.46 Å². The summed E-state index contributed by atoms with van der Waals surface area (Å²) in [6.45, 7) is 0. The highest BCUT2D eigenvalue weighted by atomic mass is 35.5. The molecular formula is C7H8ClO2PS. The van der Waals surface area contributed by atoms with Crippen LogP contribution in [0.5, 0.6) is 0 Å². The molecule has 0 saturated heterocycles. The molecule has 0 saturated carbocycles. The SMILES string of the molecule is O=S(=O)(P)c1ccc(CCl)cc1. The van der Waals surface area contributed by atoms with E-state index in [4.69, 9.17) is 11.6 Å². The minimum atomic E-state index is -3.15. The average molecular weight is 223 g/mol. The highest BCUT2D eigenvalue weighted by Gasteiger charge is 2.05. The van der Waals surface area contributed by atoms with Crippen molar-refractivity contribution in [3.63, 3.8) is 0 Å². The summed E-state index contributed by atoms with van der Waals surface area (Å²) in [4.78, 5) is 0.293. The van der Waals surface area contributed by atoms with E-state index in [9.17, 15) is 8.42 Å². The van der Waals surface area contributed by atoms with Gasteiger partial charge in [-0.2, -0.15) is 0 Å². The molecule has 0 fully saturated rings. The molecule has 1 aromatic carbocycles. The van der Waals surface area contributed by atoms with Crippen LogP contribution < -0.4 is 0 Å². The van der Waals surface area contributed by atoms with Gasteiger partial charge >= 0.3 is 0 Å². The maximum atomic E-state index is 11.0. The standard InChI is InChI=1S/C7H8ClO2PS/c8-5-6-1-3-7(4-2-6)12(9,10)11/h1-4H,5,11H2. The van der Waals surface area contributed by atoms with Crippen molar-refractivity contribution < 1.29 is 8.42 Å². The molecule has 1 aromatic rings. The normalized spacial score (nSPS) is 11.5. The Labute approximate surface area is 78.8 Å². The Morgan fingerprint density at radius 2 is 1.75 bits per heavy atom. The van der Waals surface area contributed by atoms with Crippen LogP contribution in [0.25, 0.3) is 0 Å².